The second-order valence-corrected chi connectivity index (χ2v) is 16.0. The van der Waals surface area contributed by atoms with Crippen LogP contribution in [-0.2, 0) is 4.79 Å². The number of fused-ring (bicyclic) bond motifs is 1. The van der Waals surface area contributed by atoms with Gasteiger partial charge in [-0.1, -0.05) is 17.3 Å². The van der Waals surface area contributed by atoms with Crippen LogP contribution in [0, 0.1) is 34.0 Å². The number of hydrogen-bond donors (Lipinski definition) is 2. The van der Waals surface area contributed by atoms with Gasteiger partial charge in [0.15, 0.2) is 11.5 Å². The first-order chi connectivity index (χ1) is 27.8. The predicted octanol–water partition coefficient (Wildman–Crippen LogP) is 5.87. The minimum Gasteiger partial charge on any atom is -0.368 e. The number of amides is 2. The molecule has 1 aromatic carbocycles. The number of rotatable bonds is 13. The summed E-state index contributed by atoms with van der Waals surface area (Å²) in [6, 6.07) is 15.6. The predicted molar refractivity (Wildman–Crippen MR) is 214 cm³/mol. The van der Waals surface area contributed by atoms with Crippen LogP contribution in [0.2, 0.25) is 0 Å². The highest BCUT2D eigenvalue weighted by molar-refractivity contribution is 5.92. The van der Waals surface area contributed by atoms with E-state index in [1.54, 1.807) is 46.7 Å². The maximum atomic E-state index is 12.3. The number of carbonyl (C=O) groups is 2. The highest BCUT2D eigenvalue weighted by Crippen LogP contribution is 2.56. The van der Waals surface area contributed by atoms with Gasteiger partial charge >= 0.3 is 6.03 Å². The van der Waals surface area contributed by atoms with Crippen LogP contribution >= 0.6 is 0 Å². The monoisotopic (exact) mass is 765 g/mol. The zero-order chi connectivity index (χ0) is 39.5. The number of nitrogens with one attached hydrogen (secondary N) is 2. The number of aldehydes is 1. The van der Waals surface area contributed by atoms with Crippen molar-refractivity contribution in [2.45, 2.75) is 76.2 Å². The van der Waals surface area contributed by atoms with Crippen LogP contribution < -0.4 is 15.5 Å². The van der Waals surface area contributed by atoms with Crippen LogP contribution in [0.1, 0.15) is 86.9 Å². The first-order valence-electron chi connectivity index (χ1n) is 19.9. The van der Waals surface area contributed by atoms with Crippen molar-refractivity contribution in [1.29, 1.82) is 10.5 Å². The van der Waals surface area contributed by atoms with Gasteiger partial charge in [-0.05, 0) is 99.4 Å². The Labute approximate surface area is 331 Å². The maximum Gasteiger partial charge on any atom is 0.321 e. The standard InChI is InChI=1S/C42H47N13O2/c1-28(20-43)49-36-17-39(55-40-33(23-48-55)16-30(21-44)22-47-40)46-24-38(36)54-25-37(50-51-54)32-6-4-29(5-7-32)12-14-52-26-42(27-52)18-34(19-42)31-8-10-35(11-9-31)53(13-3-15-56)41(57)45-2/h8-11,15-17,22-25,28-29,32,34H,3-7,12-14,18-19,26-27H2,1-2H3,(H,45,57)(H,46,49). The summed E-state index contributed by atoms with van der Waals surface area (Å²) >= 11 is 0. The minimum atomic E-state index is -0.463. The Balaban J connectivity index is 0.816. The van der Waals surface area contributed by atoms with Crippen LogP contribution in [0.5, 0.6) is 0 Å². The van der Waals surface area contributed by atoms with Crippen LogP contribution in [-0.4, -0.2) is 91.2 Å². The summed E-state index contributed by atoms with van der Waals surface area (Å²) in [7, 11) is 1.61. The number of benzene rings is 1. The van der Waals surface area contributed by atoms with Crippen molar-refractivity contribution in [3.63, 3.8) is 0 Å². The van der Waals surface area contributed by atoms with Gasteiger partial charge in [-0.2, -0.15) is 20.3 Å². The zero-order valence-corrected chi connectivity index (χ0v) is 32.4. The van der Waals surface area contributed by atoms with E-state index in [9.17, 15) is 20.1 Å². The van der Waals surface area contributed by atoms with Gasteiger partial charge in [0.25, 0.3) is 0 Å². The summed E-state index contributed by atoms with van der Waals surface area (Å²) in [5.74, 6) is 2.16. The van der Waals surface area contributed by atoms with E-state index in [-0.39, 0.29) is 6.03 Å². The van der Waals surface area contributed by atoms with Crippen molar-refractivity contribution in [3.8, 4) is 23.6 Å². The number of urea groups is 1. The number of nitrogens with zero attached hydrogens (tertiary/aromatic N) is 11. The zero-order valence-electron chi connectivity index (χ0n) is 32.4. The molecule has 57 heavy (non-hydrogen) atoms. The van der Waals surface area contributed by atoms with Gasteiger partial charge in [0, 0.05) is 62.4 Å². The molecular weight excluding hydrogens is 719 g/mol. The summed E-state index contributed by atoms with van der Waals surface area (Å²) < 4.78 is 3.35. The summed E-state index contributed by atoms with van der Waals surface area (Å²) in [6.07, 6.45) is 16.2. The first kappa shape index (κ1) is 37.7. The van der Waals surface area contributed by atoms with Crippen LogP contribution in [0.15, 0.2) is 61.2 Å². The lowest BCUT2D eigenvalue weighted by molar-refractivity contribution is -0.107. The Hall–Kier alpha value is -6.19. The first-order valence-corrected chi connectivity index (χ1v) is 19.9. The van der Waals surface area contributed by atoms with Gasteiger partial charge in [-0.25, -0.2) is 19.4 Å². The van der Waals surface area contributed by atoms with Crippen LogP contribution in [0.3, 0.4) is 0 Å². The summed E-state index contributed by atoms with van der Waals surface area (Å²) in [4.78, 5) is 36.6. The molecule has 1 atom stereocenters. The molecular formula is C42H47N13O2. The van der Waals surface area contributed by atoms with E-state index in [2.05, 4.69) is 65.2 Å². The highest BCUT2D eigenvalue weighted by atomic mass is 16.2. The molecule has 15 nitrogen and oxygen atoms in total. The third-order valence-corrected chi connectivity index (χ3v) is 12.1. The molecule has 0 radical (unpaired) electrons. The summed E-state index contributed by atoms with van der Waals surface area (Å²) in [6.45, 7) is 5.70. The lowest BCUT2D eigenvalue weighted by atomic mass is 9.56. The smallest absolute Gasteiger partial charge is 0.321 e. The molecule has 2 saturated carbocycles. The van der Waals surface area contributed by atoms with Crippen molar-refractivity contribution >= 4 is 34.7 Å². The Kier molecular flexibility index (Phi) is 10.7. The minimum absolute atomic E-state index is 0.204. The van der Waals surface area contributed by atoms with Crippen LogP contribution in [0.4, 0.5) is 16.2 Å². The number of aromatic nitrogens is 7. The summed E-state index contributed by atoms with van der Waals surface area (Å²) in [5.41, 5.74) is 5.97. The Morgan fingerprint density at radius 2 is 1.84 bits per heavy atom. The molecule has 8 rings (SSSR count). The highest BCUT2D eigenvalue weighted by Gasteiger charge is 2.52. The SMILES string of the molecule is CNC(=O)N(CCC=O)c1ccc(C2CC3(C2)CN(CCC2CCC(c4cn(-c5cnc(-n6ncc7cc(C#N)cnc76)cc5NC(C)C#N)nn4)CC2)C3)cc1. The van der Waals surface area contributed by atoms with Gasteiger partial charge < -0.3 is 20.3 Å². The molecule has 0 bridgehead atoms. The molecule has 3 aliphatic rings. The molecule has 15 heteroatoms. The van der Waals surface area contributed by atoms with Crippen molar-refractivity contribution in [3.05, 3.63) is 78.0 Å². The topological polar surface area (TPSA) is 187 Å². The molecule has 1 spiro atoms. The van der Waals surface area contributed by atoms with Crippen LogP contribution in [0.25, 0.3) is 22.5 Å². The molecule has 1 saturated heterocycles. The molecule has 292 valence electrons. The lowest BCUT2D eigenvalue weighted by Gasteiger charge is -2.59. The summed E-state index contributed by atoms with van der Waals surface area (Å²) in [5, 5.41) is 39.1. The normalized spacial score (nSPS) is 19.5. The average molecular weight is 766 g/mol. The third-order valence-electron chi connectivity index (χ3n) is 12.1. The fourth-order valence-corrected chi connectivity index (χ4v) is 9.09. The number of pyridine rings is 2. The quantitative estimate of drug-likeness (QED) is 0.137. The fraction of sp³-hybridized carbons (Fsp3) is 0.452. The molecule has 4 aromatic heterocycles. The molecule has 1 aliphatic heterocycles. The Morgan fingerprint density at radius 1 is 1.05 bits per heavy atom. The number of likely N-dealkylation sites (tertiary alicyclic amines) is 1. The average Bonchev–Trinajstić information content (AvgIpc) is 3.88. The second-order valence-electron chi connectivity index (χ2n) is 16.0. The number of hydrogen-bond acceptors (Lipinski definition) is 11. The maximum absolute atomic E-state index is 12.3. The van der Waals surface area contributed by atoms with E-state index >= 15 is 0 Å². The molecule has 2 aliphatic carbocycles. The van der Waals surface area contributed by atoms with Gasteiger partial charge in [-0.3, -0.25) is 4.90 Å². The molecule has 2 amide bonds. The third kappa shape index (κ3) is 7.80. The molecule has 1 unspecified atom stereocenters. The molecule has 5 aromatic rings. The van der Waals surface area contributed by atoms with Crippen molar-refractivity contribution in [2.75, 3.05) is 43.4 Å². The largest absolute Gasteiger partial charge is 0.368 e. The number of anilines is 2. The number of nitriles is 2. The second kappa shape index (κ2) is 16.1. The molecule has 5 heterocycles. The van der Waals surface area contributed by atoms with Gasteiger partial charge in [0.2, 0.25) is 0 Å². The van der Waals surface area contributed by atoms with Gasteiger partial charge in [-0.15, -0.1) is 5.10 Å². The van der Waals surface area contributed by atoms with E-state index in [0.717, 1.165) is 48.4 Å². The van der Waals surface area contributed by atoms with E-state index in [0.29, 0.717) is 58.6 Å². The Bertz CT molecular complexity index is 2320. The molecule has 2 N–H and O–H groups in total. The lowest BCUT2D eigenvalue weighted by Crippen LogP contribution is -2.61. The van der Waals surface area contributed by atoms with E-state index in [1.165, 1.54) is 57.0 Å². The fourth-order valence-electron chi connectivity index (χ4n) is 9.09. The van der Waals surface area contributed by atoms with E-state index in [1.807, 2.05) is 24.4 Å². The van der Waals surface area contributed by atoms with E-state index in [4.69, 9.17) is 0 Å². The molecule has 3 fully saturated rings. The van der Waals surface area contributed by atoms with Crippen molar-refractivity contribution < 1.29 is 9.59 Å². The van der Waals surface area contributed by atoms with Crippen molar-refractivity contribution in [2.24, 2.45) is 11.3 Å². The van der Waals surface area contributed by atoms with Crippen molar-refractivity contribution in [1.82, 2.24) is 45.0 Å². The van der Waals surface area contributed by atoms with Gasteiger partial charge in [0.05, 0.1) is 41.6 Å². The van der Waals surface area contributed by atoms with E-state index < -0.39 is 6.04 Å². The number of carbonyl (C=O) groups excluding carboxylic acids is 2. The van der Waals surface area contributed by atoms with Gasteiger partial charge in [0.1, 0.15) is 24.1 Å². The Morgan fingerprint density at radius 3 is 2.56 bits per heavy atom.